The summed E-state index contributed by atoms with van der Waals surface area (Å²) in [6.45, 7) is 14.8. The van der Waals surface area contributed by atoms with E-state index in [0.29, 0.717) is 61.8 Å². The van der Waals surface area contributed by atoms with E-state index in [1.54, 1.807) is 74.8 Å². The molecule has 0 spiro atoms. The third kappa shape index (κ3) is 14.5. The number of pyridine rings is 1. The molecule has 17 nitrogen and oxygen atoms in total. The number of hydrogen-bond donors (Lipinski definition) is 4. The first-order valence-corrected chi connectivity index (χ1v) is 28.7. The summed E-state index contributed by atoms with van der Waals surface area (Å²) >= 11 is 1.56. The van der Waals surface area contributed by atoms with Gasteiger partial charge in [-0.25, -0.2) is 13.4 Å². The quantitative estimate of drug-likeness (QED) is 0.0443. The second kappa shape index (κ2) is 26.4. The maximum atomic E-state index is 14.7. The molecule has 8 rings (SSSR count). The van der Waals surface area contributed by atoms with Gasteiger partial charge in [0.1, 0.15) is 41.7 Å². The number of anilines is 2. The maximum absolute atomic E-state index is 14.7. The van der Waals surface area contributed by atoms with E-state index in [0.717, 1.165) is 51.9 Å². The number of carbonyl (C=O) groups is 3. The van der Waals surface area contributed by atoms with E-state index in [1.807, 2.05) is 75.4 Å². The molecule has 0 saturated heterocycles. The van der Waals surface area contributed by atoms with Crippen molar-refractivity contribution in [2.24, 2.45) is 5.41 Å². The molecule has 0 radical (unpaired) electrons. The molecule has 0 unspecified atom stereocenters. The van der Waals surface area contributed by atoms with Gasteiger partial charge in [0.25, 0.3) is 0 Å². The highest BCUT2D eigenvalue weighted by atomic mass is 35.5. The highest BCUT2D eigenvalue weighted by molar-refractivity contribution is 7.92. The number of nitrogens with zero attached hydrogens (tertiary/aromatic N) is 3. The minimum atomic E-state index is -3.83. The monoisotopic (exact) mass is 1130 g/mol. The molecule has 3 heterocycles. The van der Waals surface area contributed by atoms with Crippen molar-refractivity contribution in [1.29, 1.82) is 0 Å². The van der Waals surface area contributed by atoms with Crippen LogP contribution in [0.1, 0.15) is 89.6 Å². The number of fused-ring (bicyclic) bond motifs is 4. The molecule has 0 saturated carbocycles. The number of amides is 3. The van der Waals surface area contributed by atoms with Gasteiger partial charge in [0.15, 0.2) is 9.84 Å². The first kappa shape index (κ1) is 59.7. The number of rotatable bonds is 23. The van der Waals surface area contributed by atoms with Crippen molar-refractivity contribution >= 4 is 83.8 Å². The summed E-state index contributed by atoms with van der Waals surface area (Å²) in [7, 11) is -2.13. The fourth-order valence-electron chi connectivity index (χ4n) is 9.48. The van der Waals surface area contributed by atoms with Crippen LogP contribution >= 0.6 is 23.7 Å². The lowest BCUT2D eigenvalue weighted by molar-refractivity contribution is -0.147. The van der Waals surface area contributed by atoms with Gasteiger partial charge in [0, 0.05) is 42.0 Å². The van der Waals surface area contributed by atoms with Crippen molar-refractivity contribution in [3.8, 4) is 11.5 Å². The zero-order chi connectivity index (χ0) is 54.9. The molecule has 6 aromatic rings. The molecule has 2 aliphatic rings. The summed E-state index contributed by atoms with van der Waals surface area (Å²) in [6, 6.07) is 22.6. The second-order valence-corrected chi connectivity index (χ2v) is 25.1. The highest BCUT2D eigenvalue weighted by Crippen LogP contribution is 2.39. The number of thiazole rings is 1. The van der Waals surface area contributed by atoms with Gasteiger partial charge in [-0.1, -0.05) is 51.1 Å². The molecule has 420 valence electrons. The third-order valence-corrected chi connectivity index (χ3v) is 17.4. The molecule has 2 aromatic heterocycles. The van der Waals surface area contributed by atoms with Gasteiger partial charge in [0.2, 0.25) is 17.7 Å². The zero-order valence-corrected chi connectivity index (χ0v) is 48.3. The lowest BCUT2D eigenvalue weighted by Crippen LogP contribution is -2.62. The van der Waals surface area contributed by atoms with E-state index in [2.05, 4.69) is 43.4 Å². The molecule has 0 bridgehead atoms. The Morgan fingerprint density at radius 1 is 0.795 bits per heavy atom. The Hall–Kier alpha value is -5.93. The SMILES string of the molecule is CN[C@@H](C)C(=O)N[C@H](C(=O)N1Cc2cc(OCCOCCOCCOCCOc3cc4nccc(Nc5ccc6scnc6c5)c4cc3S(=O)(=O)C(C)(C)C)ccc2C[C@H]1C(=O)N[C@@H]1CCCc2ccccc21)C(C)(C)C.Cl. The van der Waals surface area contributed by atoms with Crippen LogP contribution in [0.2, 0.25) is 0 Å². The number of aryl methyl sites for hydroxylation is 1. The van der Waals surface area contributed by atoms with Crippen LogP contribution in [0.15, 0.2) is 95.5 Å². The van der Waals surface area contributed by atoms with Crippen LogP contribution in [-0.4, -0.2) is 124 Å². The smallest absolute Gasteiger partial charge is 0.246 e. The van der Waals surface area contributed by atoms with Crippen molar-refractivity contribution in [2.45, 2.75) is 115 Å². The Morgan fingerprint density at radius 2 is 1.50 bits per heavy atom. The van der Waals surface area contributed by atoms with Crippen molar-refractivity contribution in [1.82, 2.24) is 30.8 Å². The summed E-state index contributed by atoms with van der Waals surface area (Å²) in [4.78, 5) is 52.9. The lowest BCUT2D eigenvalue weighted by atomic mass is 9.83. The zero-order valence-electron chi connectivity index (χ0n) is 45.8. The topological polar surface area (TPSA) is 209 Å². The largest absolute Gasteiger partial charge is 0.491 e. The van der Waals surface area contributed by atoms with Gasteiger partial charge in [0.05, 0.1) is 77.7 Å². The number of benzene rings is 4. The van der Waals surface area contributed by atoms with E-state index < -0.39 is 38.1 Å². The summed E-state index contributed by atoms with van der Waals surface area (Å²) in [5.74, 6) is -0.0348. The van der Waals surface area contributed by atoms with E-state index in [4.69, 9.17) is 23.7 Å². The predicted octanol–water partition coefficient (Wildman–Crippen LogP) is 8.68. The predicted molar refractivity (Wildman–Crippen MR) is 307 cm³/mol. The summed E-state index contributed by atoms with van der Waals surface area (Å²) in [6.07, 6.45) is 4.71. The summed E-state index contributed by atoms with van der Waals surface area (Å²) < 4.78 is 57.3. The van der Waals surface area contributed by atoms with Gasteiger partial charge in [-0.3, -0.25) is 19.4 Å². The third-order valence-electron chi connectivity index (χ3n) is 14.0. The molecule has 4 N–H and O–H groups in total. The minimum absolute atomic E-state index is 0. The van der Waals surface area contributed by atoms with Crippen molar-refractivity contribution in [2.75, 3.05) is 65.2 Å². The number of sulfone groups is 1. The molecule has 1 aliphatic heterocycles. The fraction of sp³-hybridized carbons (Fsp3) is 0.466. The van der Waals surface area contributed by atoms with Gasteiger partial charge in [-0.05, 0) is 124 Å². The van der Waals surface area contributed by atoms with Gasteiger partial charge in [-0.2, -0.15) is 0 Å². The summed E-state index contributed by atoms with van der Waals surface area (Å²) in [5.41, 5.74) is 8.26. The molecular formula is C58H74ClN7O10S2. The lowest BCUT2D eigenvalue weighted by Gasteiger charge is -2.41. The maximum Gasteiger partial charge on any atom is 0.246 e. The Bertz CT molecular complexity index is 3160. The Balaban J connectivity index is 0.00000882. The molecule has 78 heavy (non-hydrogen) atoms. The van der Waals surface area contributed by atoms with Crippen molar-refractivity contribution in [3.05, 3.63) is 113 Å². The first-order chi connectivity index (χ1) is 36.8. The van der Waals surface area contributed by atoms with Crippen molar-refractivity contribution in [3.63, 3.8) is 0 Å². The molecule has 0 fully saturated rings. The Labute approximate surface area is 468 Å². The van der Waals surface area contributed by atoms with Crippen LogP contribution < -0.4 is 30.7 Å². The van der Waals surface area contributed by atoms with Crippen LogP contribution in [0.3, 0.4) is 0 Å². The first-order valence-electron chi connectivity index (χ1n) is 26.4. The molecule has 4 atom stereocenters. The summed E-state index contributed by atoms with van der Waals surface area (Å²) in [5, 5.41) is 13.3. The standard InChI is InChI=1S/C58H73N7O10S2.ClH/c1-37(59-8)54(66)64-53(57(2,3)4)56(68)65-35-40-30-42(18-16-39(40)31-49(65)55(67)63-45-15-11-13-38-12-9-10-14-43(38)45)74-28-26-72-24-22-71-23-25-73-27-29-75-50-34-47-44(33-52(50)77(69,70)58(5,6)7)46(20-21-60-47)62-41-17-19-51-48(32-41)61-36-76-51;/h9-10,12,14,16-21,30,32-34,36-37,45,49,53,59H,11,13,15,22-29,31,35H2,1-8H3,(H,60,62)(H,63,67)(H,64,66);1H/t37-,45+,49-,53+;/m0./s1. The Kier molecular flexibility index (Phi) is 20.2. The number of nitrogens with one attached hydrogen (secondary N) is 4. The van der Waals surface area contributed by atoms with E-state index in [1.165, 1.54) is 5.56 Å². The number of carbonyl (C=O) groups excluding carboxylic acids is 3. The van der Waals surface area contributed by atoms with Gasteiger partial charge in [-0.15, -0.1) is 23.7 Å². The van der Waals surface area contributed by atoms with E-state index >= 15 is 0 Å². The second-order valence-electron chi connectivity index (χ2n) is 21.6. The Morgan fingerprint density at radius 3 is 2.21 bits per heavy atom. The number of hydrogen-bond acceptors (Lipinski definition) is 15. The minimum Gasteiger partial charge on any atom is -0.491 e. The molecule has 4 aromatic carbocycles. The molecule has 1 aliphatic carbocycles. The van der Waals surface area contributed by atoms with Gasteiger partial charge < -0.3 is 49.9 Å². The number of halogens is 1. The average Bonchev–Trinajstić information content (AvgIpc) is 3.94. The van der Waals surface area contributed by atoms with Crippen LogP contribution in [0, 0.1) is 5.41 Å². The van der Waals surface area contributed by atoms with E-state index in [-0.39, 0.29) is 73.2 Å². The van der Waals surface area contributed by atoms with Crippen LogP contribution in [0.5, 0.6) is 11.5 Å². The highest BCUT2D eigenvalue weighted by Gasteiger charge is 2.43. The van der Waals surface area contributed by atoms with Crippen molar-refractivity contribution < 1.29 is 46.5 Å². The van der Waals surface area contributed by atoms with Gasteiger partial charge >= 0.3 is 0 Å². The number of ether oxygens (including phenoxy) is 5. The molecule has 20 heteroatoms. The van der Waals surface area contributed by atoms with Crippen LogP contribution in [0.25, 0.3) is 21.1 Å². The normalized spacial score (nSPS) is 16.3. The van der Waals surface area contributed by atoms with E-state index in [9.17, 15) is 22.8 Å². The molecule has 3 amide bonds. The number of likely N-dealkylation sites (N-methyl/N-ethyl adjacent to an activating group) is 1. The van der Waals surface area contributed by atoms with Crippen LogP contribution in [0.4, 0.5) is 11.4 Å². The number of aromatic nitrogens is 2. The molecular weight excluding hydrogens is 1050 g/mol. The van der Waals surface area contributed by atoms with Crippen LogP contribution in [-0.2, 0) is 57.8 Å². The average molecular weight is 1130 g/mol. The fourth-order valence-corrected chi connectivity index (χ4v) is 11.5.